The standard InChI is InChI=1S/C9H18FO3P/c1-3-12-14(10,11)13-9-6-4-8(2)5-7-9/h8-9H,3-7H2,1-2H3. The Bertz CT molecular complexity index is 214. The van der Waals surface area contributed by atoms with Crippen molar-refractivity contribution < 1.29 is 17.8 Å². The van der Waals surface area contributed by atoms with E-state index in [1.165, 1.54) is 0 Å². The molecule has 0 saturated heterocycles. The molecule has 1 aliphatic rings. The van der Waals surface area contributed by atoms with Gasteiger partial charge in [-0.15, -0.1) is 4.20 Å². The van der Waals surface area contributed by atoms with Crippen molar-refractivity contribution in [3.63, 3.8) is 0 Å². The van der Waals surface area contributed by atoms with Crippen molar-refractivity contribution >= 4 is 7.91 Å². The Morgan fingerprint density at radius 1 is 1.36 bits per heavy atom. The summed E-state index contributed by atoms with van der Waals surface area (Å²) in [6.45, 7) is 3.84. The Balaban J connectivity index is 2.33. The molecule has 1 fully saturated rings. The lowest BCUT2D eigenvalue weighted by atomic mass is 9.89. The minimum atomic E-state index is -4.28. The third-order valence-electron chi connectivity index (χ3n) is 2.52. The van der Waals surface area contributed by atoms with Gasteiger partial charge in [-0.05, 0) is 38.5 Å². The van der Waals surface area contributed by atoms with Gasteiger partial charge in [0, 0.05) is 0 Å². The third kappa shape index (κ3) is 4.07. The highest BCUT2D eigenvalue weighted by atomic mass is 31.2. The molecule has 1 aliphatic carbocycles. The monoisotopic (exact) mass is 224 g/mol. The fourth-order valence-corrected chi connectivity index (χ4v) is 2.63. The Morgan fingerprint density at radius 3 is 2.43 bits per heavy atom. The van der Waals surface area contributed by atoms with Crippen LogP contribution in [0.3, 0.4) is 0 Å². The molecule has 0 heterocycles. The first-order valence-corrected chi connectivity index (χ1v) is 6.59. The summed E-state index contributed by atoms with van der Waals surface area (Å²) in [6.07, 6.45) is 3.35. The van der Waals surface area contributed by atoms with E-state index in [0.29, 0.717) is 5.92 Å². The number of halogens is 1. The van der Waals surface area contributed by atoms with Crippen molar-refractivity contribution in [1.29, 1.82) is 0 Å². The first-order chi connectivity index (χ1) is 6.53. The molecule has 1 saturated carbocycles. The SMILES string of the molecule is CCOP(=O)(F)OC1CCC(C)CC1. The summed E-state index contributed by atoms with van der Waals surface area (Å²) in [5, 5.41) is 0. The summed E-state index contributed by atoms with van der Waals surface area (Å²) in [6, 6.07) is 0. The number of hydrogen-bond donors (Lipinski definition) is 0. The van der Waals surface area contributed by atoms with Crippen LogP contribution in [0.5, 0.6) is 0 Å². The molecule has 0 N–H and O–H groups in total. The highest BCUT2D eigenvalue weighted by Crippen LogP contribution is 2.52. The van der Waals surface area contributed by atoms with E-state index < -0.39 is 7.91 Å². The fraction of sp³-hybridized carbons (Fsp3) is 1.00. The van der Waals surface area contributed by atoms with Gasteiger partial charge in [-0.3, -0.25) is 9.05 Å². The predicted molar refractivity (Wildman–Crippen MR) is 52.8 cm³/mol. The van der Waals surface area contributed by atoms with Crippen LogP contribution in [0, 0.1) is 5.92 Å². The summed E-state index contributed by atoms with van der Waals surface area (Å²) in [7, 11) is -4.28. The second kappa shape index (κ2) is 5.24. The van der Waals surface area contributed by atoms with Gasteiger partial charge in [-0.2, -0.15) is 0 Å². The van der Waals surface area contributed by atoms with Crippen LogP contribution in [-0.4, -0.2) is 12.7 Å². The summed E-state index contributed by atoms with van der Waals surface area (Å²) in [4.78, 5) is 0. The molecule has 0 aromatic heterocycles. The van der Waals surface area contributed by atoms with E-state index in [0.717, 1.165) is 25.7 Å². The Kier molecular flexibility index (Phi) is 4.55. The van der Waals surface area contributed by atoms with E-state index in [1.54, 1.807) is 6.92 Å². The second-order valence-electron chi connectivity index (χ2n) is 3.84. The summed E-state index contributed by atoms with van der Waals surface area (Å²) in [5.41, 5.74) is 0. The van der Waals surface area contributed by atoms with E-state index in [-0.39, 0.29) is 12.7 Å². The lowest BCUT2D eigenvalue weighted by Gasteiger charge is -2.26. The molecule has 0 aromatic rings. The predicted octanol–water partition coefficient (Wildman–Crippen LogP) is 3.70. The number of hydrogen-bond acceptors (Lipinski definition) is 3. The van der Waals surface area contributed by atoms with Crippen LogP contribution in [0.1, 0.15) is 39.5 Å². The molecule has 1 rings (SSSR count). The first-order valence-electron chi connectivity index (χ1n) is 5.16. The van der Waals surface area contributed by atoms with Crippen LogP contribution in [0.2, 0.25) is 0 Å². The summed E-state index contributed by atoms with van der Waals surface area (Å²) in [5.74, 6) is 0.668. The highest BCUT2D eigenvalue weighted by molar-refractivity contribution is 7.48. The molecule has 84 valence electrons. The van der Waals surface area contributed by atoms with Crippen LogP contribution < -0.4 is 0 Å². The van der Waals surface area contributed by atoms with Crippen molar-refractivity contribution in [3.8, 4) is 0 Å². The first kappa shape index (κ1) is 12.2. The van der Waals surface area contributed by atoms with E-state index >= 15 is 0 Å². The zero-order valence-electron chi connectivity index (χ0n) is 8.74. The summed E-state index contributed by atoms with van der Waals surface area (Å²) >= 11 is 0. The van der Waals surface area contributed by atoms with Crippen molar-refractivity contribution in [1.82, 2.24) is 0 Å². The fourth-order valence-electron chi connectivity index (χ4n) is 1.70. The molecule has 1 unspecified atom stereocenters. The van der Waals surface area contributed by atoms with Gasteiger partial charge in [0.2, 0.25) is 0 Å². The van der Waals surface area contributed by atoms with E-state index in [9.17, 15) is 8.76 Å². The van der Waals surface area contributed by atoms with Gasteiger partial charge in [0.1, 0.15) is 0 Å². The maximum Gasteiger partial charge on any atom is 0.513 e. The molecule has 5 heteroatoms. The molecule has 0 aliphatic heterocycles. The Morgan fingerprint density at radius 2 is 1.93 bits per heavy atom. The zero-order chi connectivity index (χ0) is 10.6. The molecular weight excluding hydrogens is 206 g/mol. The van der Waals surface area contributed by atoms with Crippen molar-refractivity contribution in [2.75, 3.05) is 6.61 Å². The van der Waals surface area contributed by atoms with Gasteiger partial charge in [-0.1, -0.05) is 6.92 Å². The van der Waals surface area contributed by atoms with Crippen molar-refractivity contribution in [2.45, 2.75) is 45.6 Å². The Hall–Kier alpha value is 0.0800. The molecule has 0 aromatic carbocycles. The zero-order valence-corrected chi connectivity index (χ0v) is 9.63. The van der Waals surface area contributed by atoms with Crippen molar-refractivity contribution in [2.24, 2.45) is 5.92 Å². The smallest absolute Gasteiger partial charge is 0.284 e. The van der Waals surface area contributed by atoms with Crippen LogP contribution in [-0.2, 0) is 13.6 Å². The van der Waals surface area contributed by atoms with Crippen LogP contribution in [0.15, 0.2) is 0 Å². The second-order valence-corrected chi connectivity index (χ2v) is 5.17. The lowest BCUT2D eigenvalue weighted by Crippen LogP contribution is -2.19. The van der Waals surface area contributed by atoms with Gasteiger partial charge in [0.05, 0.1) is 12.7 Å². The molecule has 0 amide bonds. The topological polar surface area (TPSA) is 35.5 Å². The van der Waals surface area contributed by atoms with Gasteiger partial charge in [0.25, 0.3) is 0 Å². The minimum Gasteiger partial charge on any atom is -0.284 e. The van der Waals surface area contributed by atoms with E-state index in [4.69, 9.17) is 4.52 Å². The van der Waals surface area contributed by atoms with Gasteiger partial charge < -0.3 is 0 Å². The maximum atomic E-state index is 13.1. The molecular formula is C9H18FO3P. The van der Waals surface area contributed by atoms with E-state index in [1.807, 2.05) is 0 Å². The van der Waals surface area contributed by atoms with Crippen LogP contribution in [0.4, 0.5) is 4.20 Å². The van der Waals surface area contributed by atoms with Gasteiger partial charge in [0.15, 0.2) is 0 Å². The van der Waals surface area contributed by atoms with Gasteiger partial charge >= 0.3 is 7.91 Å². The van der Waals surface area contributed by atoms with Crippen LogP contribution in [0.25, 0.3) is 0 Å². The molecule has 0 spiro atoms. The average molecular weight is 224 g/mol. The normalized spacial score (nSPS) is 32.5. The summed E-state index contributed by atoms with van der Waals surface area (Å²) < 4.78 is 33.4. The highest BCUT2D eigenvalue weighted by Gasteiger charge is 2.30. The minimum absolute atomic E-state index is 0.0803. The largest absolute Gasteiger partial charge is 0.513 e. The Labute approximate surface area is 84.6 Å². The molecule has 0 bridgehead atoms. The molecule has 1 atom stereocenters. The number of rotatable bonds is 4. The van der Waals surface area contributed by atoms with E-state index in [2.05, 4.69) is 11.4 Å². The van der Waals surface area contributed by atoms with Gasteiger partial charge in [-0.25, -0.2) is 4.57 Å². The maximum absolute atomic E-state index is 13.1. The lowest BCUT2D eigenvalue weighted by molar-refractivity contribution is 0.0896. The van der Waals surface area contributed by atoms with Crippen LogP contribution >= 0.6 is 7.91 Å². The molecule has 14 heavy (non-hydrogen) atoms. The quantitative estimate of drug-likeness (QED) is 0.683. The third-order valence-corrected chi connectivity index (χ3v) is 3.64. The molecule has 0 radical (unpaired) electrons. The van der Waals surface area contributed by atoms with Crippen molar-refractivity contribution in [3.05, 3.63) is 0 Å². The average Bonchev–Trinajstić information content (AvgIpc) is 2.08. The molecule has 3 nitrogen and oxygen atoms in total.